The summed E-state index contributed by atoms with van der Waals surface area (Å²) in [6.07, 6.45) is 4.08. The molecule has 2 aliphatic rings. The molecule has 1 saturated heterocycles. The average molecular weight is 231 g/mol. The lowest BCUT2D eigenvalue weighted by atomic mass is 10.1. The van der Waals surface area contributed by atoms with Crippen molar-refractivity contribution >= 4 is 11.4 Å². The summed E-state index contributed by atoms with van der Waals surface area (Å²) in [5.41, 5.74) is 9.07. The monoisotopic (exact) mass is 231 g/mol. The molecule has 17 heavy (non-hydrogen) atoms. The molecule has 0 spiro atoms. The van der Waals surface area contributed by atoms with Crippen molar-refractivity contribution in [2.75, 3.05) is 24.1 Å². The van der Waals surface area contributed by atoms with Gasteiger partial charge in [0.05, 0.1) is 0 Å². The molecule has 1 atom stereocenters. The highest BCUT2D eigenvalue weighted by Crippen LogP contribution is 2.30. The predicted octanol–water partition coefficient (Wildman–Crippen LogP) is 2.23. The first kappa shape index (κ1) is 10.9. The Morgan fingerprint density at radius 2 is 2.12 bits per heavy atom. The second-order valence-electron chi connectivity index (χ2n) is 5.43. The number of likely N-dealkylation sites (tertiary alicyclic amines) is 1. The number of nitrogens with zero attached hydrogens (tertiary/aromatic N) is 1. The van der Waals surface area contributed by atoms with Gasteiger partial charge in [0.1, 0.15) is 0 Å². The van der Waals surface area contributed by atoms with E-state index in [0.717, 1.165) is 17.3 Å². The summed E-state index contributed by atoms with van der Waals surface area (Å²) in [5.74, 6) is 0. The first-order chi connectivity index (χ1) is 8.22. The molecule has 1 heterocycles. The minimum atomic E-state index is 0.610. The normalized spacial score (nSPS) is 25.1. The Hall–Kier alpha value is -1.22. The van der Waals surface area contributed by atoms with Crippen LogP contribution in [0.25, 0.3) is 0 Å². The smallest absolute Gasteiger partial charge is 0.0400 e. The van der Waals surface area contributed by atoms with Crippen LogP contribution in [-0.4, -0.2) is 30.1 Å². The number of nitrogen functional groups attached to an aromatic ring is 1. The maximum absolute atomic E-state index is 5.83. The van der Waals surface area contributed by atoms with Gasteiger partial charge in [-0.25, -0.2) is 0 Å². The van der Waals surface area contributed by atoms with E-state index in [1.165, 1.54) is 38.0 Å². The lowest BCUT2D eigenvalue weighted by Crippen LogP contribution is -2.27. The quantitative estimate of drug-likeness (QED) is 0.784. The van der Waals surface area contributed by atoms with Crippen LogP contribution in [0.4, 0.5) is 11.4 Å². The van der Waals surface area contributed by atoms with E-state index in [-0.39, 0.29) is 0 Å². The van der Waals surface area contributed by atoms with Crippen molar-refractivity contribution in [2.45, 2.75) is 38.3 Å². The molecule has 1 unspecified atom stereocenters. The number of nitrogens with one attached hydrogen (secondary N) is 1. The largest absolute Gasteiger partial charge is 0.399 e. The minimum Gasteiger partial charge on any atom is -0.399 e. The molecule has 0 radical (unpaired) electrons. The number of nitrogens with two attached hydrogens (primary N) is 1. The Labute approximate surface area is 103 Å². The molecule has 0 amide bonds. The standard InChI is InChI=1S/C14H21N3/c1-10-8-11(2-5-14(10)15)16-12-6-7-17(9-12)13-3-4-13/h2,5,8,12-13,16H,3-4,6-7,9,15H2,1H3. The molecule has 92 valence electrons. The Morgan fingerprint density at radius 3 is 2.82 bits per heavy atom. The van der Waals surface area contributed by atoms with Gasteiger partial charge < -0.3 is 11.1 Å². The third kappa shape index (κ3) is 2.39. The Morgan fingerprint density at radius 1 is 1.29 bits per heavy atom. The van der Waals surface area contributed by atoms with Crippen LogP contribution in [0, 0.1) is 6.92 Å². The van der Waals surface area contributed by atoms with Crippen molar-refractivity contribution in [1.82, 2.24) is 4.90 Å². The molecule has 2 fully saturated rings. The van der Waals surface area contributed by atoms with Crippen LogP contribution in [0.2, 0.25) is 0 Å². The SMILES string of the molecule is Cc1cc(NC2CCN(C3CC3)C2)ccc1N. The van der Waals surface area contributed by atoms with Crippen molar-refractivity contribution in [3.8, 4) is 0 Å². The molecular formula is C14H21N3. The summed E-state index contributed by atoms with van der Waals surface area (Å²) < 4.78 is 0. The van der Waals surface area contributed by atoms with Crippen molar-refractivity contribution in [2.24, 2.45) is 0 Å². The first-order valence-corrected chi connectivity index (χ1v) is 6.59. The number of aryl methyl sites for hydroxylation is 1. The number of rotatable bonds is 3. The van der Waals surface area contributed by atoms with Crippen LogP contribution in [0.3, 0.4) is 0 Å². The fourth-order valence-corrected chi connectivity index (χ4v) is 2.68. The van der Waals surface area contributed by atoms with E-state index in [1.807, 2.05) is 6.07 Å². The van der Waals surface area contributed by atoms with Gasteiger partial charge in [-0.1, -0.05) is 0 Å². The summed E-state index contributed by atoms with van der Waals surface area (Å²) >= 11 is 0. The molecule has 0 aromatic heterocycles. The minimum absolute atomic E-state index is 0.610. The van der Waals surface area contributed by atoms with Gasteiger partial charge in [0, 0.05) is 36.5 Å². The molecule has 3 N–H and O–H groups in total. The summed E-state index contributed by atoms with van der Waals surface area (Å²) in [6, 6.07) is 7.73. The van der Waals surface area contributed by atoms with Gasteiger partial charge in [-0.2, -0.15) is 0 Å². The Kier molecular flexibility index (Phi) is 2.71. The molecule has 1 saturated carbocycles. The molecule has 0 bridgehead atoms. The number of anilines is 2. The molecule has 3 rings (SSSR count). The zero-order valence-electron chi connectivity index (χ0n) is 10.4. The zero-order valence-corrected chi connectivity index (χ0v) is 10.4. The van der Waals surface area contributed by atoms with E-state index in [4.69, 9.17) is 5.73 Å². The lowest BCUT2D eigenvalue weighted by molar-refractivity contribution is 0.326. The molecular weight excluding hydrogens is 210 g/mol. The van der Waals surface area contributed by atoms with E-state index in [1.54, 1.807) is 0 Å². The van der Waals surface area contributed by atoms with Crippen LogP contribution < -0.4 is 11.1 Å². The second kappa shape index (κ2) is 4.22. The van der Waals surface area contributed by atoms with Crippen LogP contribution in [0.1, 0.15) is 24.8 Å². The van der Waals surface area contributed by atoms with Gasteiger partial charge in [-0.3, -0.25) is 4.90 Å². The van der Waals surface area contributed by atoms with Crippen LogP contribution in [0.5, 0.6) is 0 Å². The van der Waals surface area contributed by atoms with Crippen LogP contribution >= 0.6 is 0 Å². The van der Waals surface area contributed by atoms with Gasteiger partial charge in [-0.05, 0) is 49.9 Å². The Bertz CT molecular complexity index is 412. The highest BCUT2D eigenvalue weighted by Gasteiger charge is 2.34. The van der Waals surface area contributed by atoms with Gasteiger partial charge in [0.15, 0.2) is 0 Å². The number of benzene rings is 1. The second-order valence-corrected chi connectivity index (χ2v) is 5.43. The summed E-state index contributed by atoms with van der Waals surface area (Å²) in [6.45, 7) is 4.52. The third-order valence-electron chi connectivity index (χ3n) is 3.92. The topological polar surface area (TPSA) is 41.3 Å². The lowest BCUT2D eigenvalue weighted by Gasteiger charge is -2.17. The van der Waals surface area contributed by atoms with Crippen LogP contribution in [0.15, 0.2) is 18.2 Å². The molecule has 3 nitrogen and oxygen atoms in total. The fraction of sp³-hybridized carbons (Fsp3) is 0.571. The summed E-state index contributed by atoms with van der Waals surface area (Å²) in [5, 5.41) is 3.62. The summed E-state index contributed by atoms with van der Waals surface area (Å²) in [7, 11) is 0. The van der Waals surface area contributed by atoms with E-state index in [0.29, 0.717) is 6.04 Å². The molecule has 1 aromatic rings. The maximum Gasteiger partial charge on any atom is 0.0400 e. The fourth-order valence-electron chi connectivity index (χ4n) is 2.68. The highest BCUT2D eigenvalue weighted by molar-refractivity contribution is 5.57. The van der Waals surface area contributed by atoms with E-state index in [9.17, 15) is 0 Å². The van der Waals surface area contributed by atoms with Crippen molar-refractivity contribution in [3.63, 3.8) is 0 Å². The van der Waals surface area contributed by atoms with E-state index < -0.39 is 0 Å². The van der Waals surface area contributed by atoms with Gasteiger partial charge in [0.2, 0.25) is 0 Å². The average Bonchev–Trinajstić information content (AvgIpc) is 3.06. The van der Waals surface area contributed by atoms with Gasteiger partial charge >= 0.3 is 0 Å². The maximum atomic E-state index is 5.83. The van der Waals surface area contributed by atoms with Crippen molar-refractivity contribution in [3.05, 3.63) is 23.8 Å². The van der Waals surface area contributed by atoms with E-state index >= 15 is 0 Å². The molecule has 3 heteroatoms. The predicted molar refractivity (Wildman–Crippen MR) is 72.2 cm³/mol. The van der Waals surface area contributed by atoms with Crippen molar-refractivity contribution < 1.29 is 0 Å². The first-order valence-electron chi connectivity index (χ1n) is 6.59. The van der Waals surface area contributed by atoms with E-state index in [2.05, 4.69) is 29.3 Å². The molecule has 1 aromatic carbocycles. The Balaban J connectivity index is 1.61. The highest BCUT2D eigenvalue weighted by atomic mass is 15.2. The molecule has 1 aliphatic heterocycles. The van der Waals surface area contributed by atoms with Gasteiger partial charge in [-0.15, -0.1) is 0 Å². The molecule has 1 aliphatic carbocycles. The van der Waals surface area contributed by atoms with Crippen molar-refractivity contribution in [1.29, 1.82) is 0 Å². The number of hydrogen-bond acceptors (Lipinski definition) is 3. The zero-order chi connectivity index (χ0) is 11.8. The third-order valence-corrected chi connectivity index (χ3v) is 3.92. The summed E-state index contributed by atoms with van der Waals surface area (Å²) in [4.78, 5) is 2.63. The van der Waals surface area contributed by atoms with Gasteiger partial charge in [0.25, 0.3) is 0 Å². The number of hydrogen-bond donors (Lipinski definition) is 2. The van der Waals surface area contributed by atoms with Crippen LogP contribution in [-0.2, 0) is 0 Å².